The van der Waals surface area contributed by atoms with E-state index in [1.54, 1.807) is 0 Å². The third-order valence-electron chi connectivity index (χ3n) is 10.1. The molecule has 3 saturated heterocycles. The Morgan fingerprint density at radius 3 is 2.61 bits per heavy atom. The number of sulfonamides is 1. The van der Waals surface area contributed by atoms with Crippen LogP contribution in [-0.2, 0) is 21.4 Å². The number of rotatable bonds is 3. The van der Waals surface area contributed by atoms with Crippen LogP contribution in [0.3, 0.4) is 0 Å². The van der Waals surface area contributed by atoms with E-state index in [-0.39, 0.29) is 46.9 Å². The fourth-order valence-corrected chi connectivity index (χ4v) is 11.0. The van der Waals surface area contributed by atoms with Crippen LogP contribution in [0.15, 0.2) is 30.3 Å². The van der Waals surface area contributed by atoms with Gasteiger partial charge in [0.15, 0.2) is 0 Å². The van der Waals surface area contributed by atoms with Gasteiger partial charge in [-0.25, -0.2) is 12.7 Å². The van der Waals surface area contributed by atoms with Crippen LogP contribution in [0.5, 0.6) is 0 Å². The van der Waals surface area contributed by atoms with E-state index in [1.165, 1.54) is 9.87 Å². The molecule has 2 saturated carbocycles. The molecule has 31 heavy (non-hydrogen) atoms. The molecule has 1 aromatic rings. The van der Waals surface area contributed by atoms with Gasteiger partial charge in [0.25, 0.3) is 0 Å². The lowest BCUT2D eigenvalue weighted by atomic mass is 9.69. The van der Waals surface area contributed by atoms with E-state index in [1.807, 2.05) is 6.07 Å². The fraction of sp³-hybridized carbons (Fsp3) is 0.708. The van der Waals surface area contributed by atoms with Crippen LogP contribution in [0.25, 0.3) is 0 Å². The standard InChI is InChI=1S/C24H33N2O3S.ClH/c1-23(2)19-8-10-24(23)16-30(28,29)25(21(24)12-19)22(27)20-15-26(11-9-18(20)14-26)13-17-6-4-3-5-7-17;/h3-7,18-21H,8-16H2,1-2H3;1H/q+1;/p-1/t18-,19+,20+,21+,24+,26?;/m0./s1. The van der Waals surface area contributed by atoms with Gasteiger partial charge in [-0.15, -0.1) is 0 Å². The predicted molar refractivity (Wildman–Crippen MR) is 115 cm³/mol. The quantitative estimate of drug-likeness (QED) is 0.593. The number of benzene rings is 1. The van der Waals surface area contributed by atoms with E-state index in [0.29, 0.717) is 11.8 Å². The van der Waals surface area contributed by atoms with Gasteiger partial charge in [0.1, 0.15) is 6.54 Å². The number of nitrogens with zero attached hydrogens (tertiary/aromatic N) is 2. The van der Waals surface area contributed by atoms with Crippen LogP contribution in [0.2, 0.25) is 0 Å². The maximum Gasteiger partial charge on any atom is 0.245 e. The molecular formula is C24H33ClN2O3S. The van der Waals surface area contributed by atoms with E-state index in [4.69, 9.17) is 0 Å². The lowest BCUT2D eigenvalue weighted by Crippen LogP contribution is -3.00. The maximum atomic E-state index is 13.8. The van der Waals surface area contributed by atoms with Crippen molar-refractivity contribution in [2.45, 2.75) is 52.1 Å². The topological polar surface area (TPSA) is 54.5 Å². The number of halogens is 1. The molecule has 4 bridgehead atoms. The monoisotopic (exact) mass is 464 g/mol. The summed E-state index contributed by atoms with van der Waals surface area (Å²) in [6, 6.07) is 10.4. The maximum absolute atomic E-state index is 13.8. The Morgan fingerprint density at radius 2 is 1.90 bits per heavy atom. The lowest BCUT2D eigenvalue weighted by Gasteiger charge is -2.38. The summed E-state index contributed by atoms with van der Waals surface area (Å²) in [7, 11) is -3.52. The summed E-state index contributed by atoms with van der Waals surface area (Å²) in [4.78, 5) is 13.8. The molecule has 5 aliphatic rings. The highest BCUT2D eigenvalue weighted by Gasteiger charge is 2.73. The highest BCUT2D eigenvalue weighted by Crippen LogP contribution is 2.70. The van der Waals surface area contributed by atoms with Crippen molar-refractivity contribution in [2.24, 2.45) is 28.6 Å². The average Bonchev–Trinajstić information content (AvgIpc) is 3.42. The Hall–Kier alpha value is -1.11. The second-order valence-corrected chi connectivity index (χ2v) is 13.3. The minimum absolute atomic E-state index is 0. The summed E-state index contributed by atoms with van der Waals surface area (Å²) in [6.45, 7) is 8.38. The first-order chi connectivity index (χ1) is 14.2. The molecule has 1 unspecified atom stereocenters. The zero-order chi connectivity index (χ0) is 20.9. The van der Waals surface area contributed by atoms with E-state index in [0.717, 1.165) is 56.3 Å². The summed E-state index contributed by atoms with van der Waals surface area (Å²) in [5.41, 5.74) is 1.10. The Balaban J connectivity index is 0.00000204. The van der Waals surface area contributed by atoms with E-state index in [9.17, 15) is 13.2 Å². The van der Waals surface area contributed by atoms with Crippen LogP contribution in [-0.4, -0.2) is 54.5 Å². The first-order valence-electron chi connectivity index (χ1n) is 11.6. The third-order valence-corrected chi connectivity index (χ3v) is 12.0. The van der Waals surface area contributed by atoms with Crippen LogP contribution in [0, 0.1) is 28.6 Å². The van der Waals surface area contributed by atoms with Gasteiger partial charge in [0.05, 0.1) is 37.3 Å². The molecule has 2 aliphatic carbocycles. The number of quaternary nitrogens is 1. The molecule has 6 atom stereocenters. The normalized spacial score (nSPS) is 43.1. The van der Waals surface area contributed by atoms with Gasteiger partial charge in [0, 0.05) is 23.3 Å². The van der Waals surface area contributed by atoms with Gasteiger partial charge in [-0.1, -0.05) is 44.2 Å². The SMILES string of the molecule is CC1(C)[C@@H]2CC[C@]13CS(=O)(=O)N(C(=O)[C@@H]1C[N+]4(Cc5ccccc5)CC[C@H]1C4)[C@@H]3C2.[Cl-]. The number of carbonyl (C=O) groups is 1. The second-order valence-electron chi connectivity index (χ2n) is 11.5. The van der Waals surface area contributed by atoms with Crippen LogP contribution in [0.4, 0.5) is 0 Å². The molecule has 3 aliphatic heterocycles. The number of carbonyl (C=O) groups excluding carboxylic acids is 1. The highest BCUT2D eigenvalue weighted by molar-refractivity contribution is 7.90. The molecule has 0 N–H and O–H groups in total. The molecule has 5 fully saturated rings. The summed E-state index contributed by atoms with van der Waals surface area (Å²) in [5, 5.41) is 0. The van der Waals surface area contributed by atoms with Crippen molar-refractivity contribution in [2.75, 3.05) is 25.4 Å². The zero-order valence-electron chi connectivity index (χ0n) is 18.5. The summed E-state index contributed by atoms with van der Waals surface area (Å²) in [6.07, 6.45) is 3.99. The lowest BCUT2D eigenvalue weighted by molar-refractivity contribution is -0.923. The smallest absolute Gasteiger partial charge is 0.245 e. The molecule has 5 nitrogen and oxygen atoms in total. The first kappa shape index (κ1) is 21.7. The van der Waals surface area contributed by atoms with Crippen molar-refractivity contribution in [1.82, 2.24) is 4.31 Å². The molecule has 1 aromatic carbocycles. The number of fused-ring (bicyclic) bond motifs is 3. The van der Waals surface area contributed by atoms with Crippen LogP contribution < -0.4 is 12.4 Å². The van der Waals surface area contributed by atoms with Gasteiger partial charge < -0.3 is 16.9 Å². The third kappa shape index (κ3) is 2.77. The molecular weight excluding hydrogens is 432 g/mol. The molecule has 0 aromatic heterocycles. The number of hydrogen-bond acceptors (Lipinski definition) is 3. The molecule has 0 radical (unpaired) electrons. The first-order valence-corrected chi connectivity index (χ1v) is 13.2. The van der Waals surface area contributed by atoms with Gasteiger partial charge in [-0.3, -0.25) is 4.79 Å². The summed E-state index contributed by atoms with van der Waals surface area (Å²) >= 11 is 0. The highest BCUT2D eigenvalue weighted by atomic mass is 35.5. The van der Waals surface area contributed by atoms with Crippen molar-refractivity contribution in [1.29, 1.82) is 0 Å². The molecule has 1 amide bonds. The largest absolute Gasteiger partial charge is 1.00 e. The minimum atomic E-state index is -3.52. The average molecular weight is 465 g/mol. The van der Waals surface area contributed by atoms with Gasteiger partial charge in [0.2, 0.25) is 15.9 Å². The van der Waals surface area contributed by atoms with Crippen LogP contribution in [0.1, 0.15) is 45.1 Å². The van der Waals surface area contributed by atoms with Gasteiger partial charge in [-0.05, 0) is 30.6 Å². The van der Waals surface area contributed by atoms with E-state index >= 15 is 0 Å². The Bertz CT molecular complexity index is 1010. The molecule has 7 heteroatoms. The minimum Gasteiger partial charge on any atom is -1.00 e. The van der Waals surface area contributed by atoms with E-state index < -0.39 is 10.0 Å². The summed E-state index contributed by atoms with van der Waals surface area (Å²) in [5.74, 6) is 0.863. The molecule has 3 heterocycles. The number of hydrogen-bond donors (Lipinski definition) is 0. The van der Waals surface area contributed by atoms with Gasteiger partial charge in [-0.2, -0.15) is 0 Å². The molecule has 1 spiro atoms. The molecule has 170 valence electrons. The van der Waals surface area contributed by atoms with Crippen molar-refractivity contribution < 1.29 is 30.1 Å². The van der Waals surface area contributed by atoms with Crippen molar-refractivity contribution >= 4 is 15.9 Å². The predicted octanol–water partition coefficient (Wildman–Crippen LogP) is 0.0240. The van der Waals surface area contributed by atoms with Crippen molar-refractivity contribution in [3.63, 3.8) is 0 Å². The fourth-order valence-electron chi connectivity index (χ4n) is 8.38. The number of piperidine rings is 1. The zero-order valence-corrected chi connectivity index (χ0v) is 20.0. The van der Waals surface area contributed by atoms with Gasteiger partial charge >= 0.3 is 0 Å². The van der Waals surface area contributed by atoms with Crippen LogP contribution >= 0.6 is 0 Å². The molecule has 6 rings (SSSR count). The van der Waals surface area contributed by atoms with Crippen molar-refractivity contribution in [3.8, 4) is 0 Å². The Kier molecular flexibility index (Phi) is 4.70. The Morgan fingerprint density at radius 1 is 1.16 bits per heavy atom. The number of amides is 1. The van der Waals surface area contributed by atoms with Crippen molar-refractivity contribution in [3.05, 3.63) is 35.9 Å². The Labute approximate surface area is 192 Å². The van der Waals surface area contributed by atoms with E-state index in [2.05, 4.69) is 38.1 Å². The second kappa shape index (κ2) is 6.71. The summed E-state index contributed by atoms with van der Waals surface area (Å²) < 4.78 is 29.0.